The van der Waals surface area contributed by atoms with Crippen molar-refractivity contribution >= 4 is 0 Å². The summed E-state index contributed by atoms with van der Waals surface area (Å²) in [5.41, 5.74) is 1.21. The lowest BCUT2D eigenvalue weighted by Gasteiger charge is -2.14. The molecule has 0 amide bonds. The lowest BCUT2D eigenvalue weighted by molar-refractivity contribution is 0.390. The summed E-state index contributed by atoms with van der Waals surface area (Å²) in [6.07, 6.45) is 10.5. The Morgan fingerprint density at radius 2 is 2.17 bits per heavy atom. The maximum atomic E-state index is 4.48. The van der Waals surface area contributed by atoms with E-state index in [1.165, 1.54) is 31.4 Å². The fourth-order valence-corrected chi connectivity index (χ4v) is 2.24. The van der Waals surface area contributed by atoms with Gasteiger partial charge >= 0.3 is 0 Å². The molecule has 0 aliphatic heterocycles. The van der Waals surface area contributed by atoms with Crippen LogP contribution in [0.4, 0.5) is 0 Å². The van der Waals surface area contributed by atoms with Gasteiger partial charge in [-0.05, 0) is 18.9 Å². The van der Waals surface area contributed by atoms with Gasteiger partial charge in [0.25, 0.3) is 0 Å². The maximum absolute atomic E-state index is 4.48. The molecular formula is C15H29N3. The highest BCUT2D eigenvalue weighted by molar-refractivity contribution is 4.97. The van der Waals surface area contributed by atoms with Gasteiger partial charge in [-0.2, -0.15) is 0 Å². The molecule has 1 atom stereocenters. The third-order valence-corrected chi connectivity index (χ3v) is 3.51. The summed E-state index contributed by atoms with van der Waals surface area (Å²) in [5.74, 6) is 0.806. The van der Waals surface area contributed by atoms with Gasteiger partial charge in [0.1, 0.15) is 0 Å². The van der Waals surface area contributed by atoms with E-state index in [2.05, 4.69) is 41.8 Å². The average molecular weight is 251 g/mol. The van der Waals surface area contributed by atoms with Crippen LogP contribution in [0.2, 0.25) is 0 Å². The molecule has 0 saturated heterocycles. The second-order valence-corrected chi connectivity index (χ2v) is 5.08. The Bertz CT molecular complexity index is 306. The highest BCUT2D eigenvalue weighted by Gasteiger charge is 2.07. The van der Waals surface area contributed by atoms with E-state index in [1.807, 2.05) is 6.33 Å². The summed E-state index contributed by atoms with van der Waals surface area (Å²) < 4.78 is 2.27. The van der Waals surface area contributed by atoms with Gasteiger partial charge in [0.2, 0.25) is 0 Å². The van der Waals surface area contributed by atoms with Crippen LogP contribution in [0, 0.1) is 5.92 Å². The molecular weight excluding hydrogens is 222 g/mol. The summed E-state index contributed by atoms with van der Waals surface area (Å²) in [6.45, 7) is 9.89. The maximum Gasteiger partial charge on any atom is 0.0949 e. The number of nitrogens with one attached hydrogen (secondary N) is 1. The quantitative estimate of drug-likeness (QED) is 0.647. The standard InChI is InChI=1S/C15H29N3/c1-4-7-8-14(5-2)11-18-12-15(17-13-18)9-10-16-6-3/h12-14,16H,4-11H2,1-3H3. The minimum atomic E-state index is 0.806. The molecule has 0 aliphatic carbocycles. The van der Waals surface area contributed by atoms with Crippen molar-refractivity contribution in [2.75, 3.05) is 13.1 Å². The first kappa shape index (κ1) is 15.2. The number of hydrogen-bond donors (Lipinski definition) is 1. The van der Waals surface area contributed by atoms with E-state index in [4.69, 9.17) is 0 Å². The normalized spacial score (nSPS) is 12.8. The molecule has 18 heavy (non-hydrogen) atoms. The average Bonchev–Trinajstić information content (AvgIpc) is 2.82. The zero-order chi connectivity index (χ0) is 13.2. The Morgan fingerprint density at radius 1 is 1.33 bits per heavy atom. The summed E-state index contributed by atoms with van der Waals surface area (Å²) in [6, 6.07) is 0. The zero-order valence-electron chi connectivity index (χ0n) is 12.3. The predicted octanol–water partition coefficient (Wildman–Crippen LogP) is 3.25. The van der Waals surface area contributed by atoms with E-state index in [0.29, 0.717) is 0 Å². The first-order chi connectivity index (χ1) is 8.80. The van der Waals surface area contributed by atoms with Crippen molar-refractivity contribution in [3.05, 3.63) is 18.2 Å². The number of hydrogen-bond acceptors (Lipinski definition) is 2. The lowest BCUT2D eigenvalue weighted by Crippen LogP contribution is -2.16. The first-order valence-corrected chi connectivity index (χ1v) is 7.51. The predicted molar refractivity (Wildman–Crippen MR) is 77.8 cm³/mol. The molecule has 104 valence electrons. The number of likely N-dealkylation sites (N-methyl/N-ethyl adjacent to an activating group) is 1. The van der Waals surface area contributed by atoms with Gasteiger partial charge in [0.15, 0.2) is 0 Å². The SMILES string of the molecule is CCCCC(CC)Cn1cnc(CCNCC)c1. The number of nitrogens with zero attached hydrogens (tertiary/aromatic N) is 2. The summed E-state index contributed by atoms with van der Waals surface area (Å²) in [4.78, 5) is 4.48. The van der Waals surface area contributed by atoms with Crippen molar-refractivity contribution in [2.45, 2.75) is 59.4 Å². The molecule has 0 fully saturated rings. The second kappa shape index (κ2) is 9.15. The minimum Gasteiger partial charge on any atom is -0.337 e. The Morgan fingerprint density at radius 3 is 2.83 bits per heavy atom. The molecule has 0 aliphatic rings. The topological polar surface area (TPSA) is 29.9 Å². The highest BCUT2D eigenvalue weighted by Crippen LogP contribution is 2.15. The van der Waals surface area contributed by atoms with Crippen molar-refractivity contribution in [2.24, 2.45) is 5.92 Å². The highest BCUT2D eigenvalue weighted by atomic mass is 15.0. The number of imidazole rings is 1. The van der Waals surface area contributed by atoms with Crippen molar-refractivity contribution in [1.29, 1.82) is 0 Å². The van der Waals surface area contributed by atoms with Gasteiger partial charge < -0.3 is 9.88 Å². The molecule has 0 bridgehead atoms. The number of unbranched alkanes of at least 4 members (excludes halogenated alkanes) is 1. The Hall–Kier alpha value is -0.830. The van der Waals surface area contributed by atoms with Crippen molar-refractivity contribution in [3.63, 3.8) is 0 Å². The molecule has 1 aromatic heterocycles. The fourth-order valence-electron chi connectivity index (χ4n) is 2.24. The Balaban J connectivity index is 2.36. The summed E-state index contributed by atoms with van der Waals surface area (Å²) in [7, 11) is 0. The van der Waals surface area contributed by atoms with Gasteiger partial charge in [-0.3, -0.25) is 0 Å². The molecule has 1 unspecified atom stereocenters. The van der Waals surface area contributed by atoms with Crippen LogP contribution in [0.25, 0.3) is 0 Å². The Labute approximate surface area is 112 Å². The second-order valence-electron chi connectivity index (χ2n) is 5.08. The van der Waals surface area contributed by atoms with E-state index in [0.717, 1.165) is 32.0 Å². The monoisotopic (exact) mass is 251 g/mol. The molecule has 3 heteroatoms. The summed E-state index contributed by atoms with van der Waals surface area (Å²) in [5, 5.41) is 3.34. The molecule has 1 aromatic rings. The molecule has 0 aromatic carbocycles. The van der Waals surface area contributed by atoms with E-state index >= 15 is 0 Å². The Kier molecular flexibility index (Phi) is 7.74. The molecule has 0 saturated carbocycles. The van der Waals surface area contributed by atoms with Crippen LogP contribution in [0.15, 0.2) is 12.5 Å². The van der Waals surface area contributed by atoms with Gasteiger partial charge in [-0.15, -0.1) is 0 Å². The zero-order valence-corrected chi connectivity index (χ0v) is 12.3. The van der Waals surface area contributed by atoms with Crippen LogP contribution in [0.5, 0.6) is 0 Å². The van der Waals surface area contributed by atoms with E-state index in [9.17, 15) is 0 Å². The number of aromatic nitrogens is 2. The molecule has 1 heterocycles. The largest absolute Gasteiger partial charge is 0.337 e. The molecule has 1 N–H and O–H groups in total. The van der Waals surface area contributed by atoms with Crippen molar-refractivity contribution in [1.82, 2.24) is 14.9 Å². The van der Waals surface area contributed by atoms with Crippen LogP contribution < -0.4 is 5.32 Å². The fraction of sp³-hybridized carbons (Fsp3) is 0.800. The van der Waals surface area contributed by atoms with Crippen molar-refractivity contribution in [3.8, 4) is 0 Å². The van der Waals surface area contributed by atoms with Gasteiger partial charge in [-0.25, -0.2) is 4.98 Å². The third kappa shape index (κ3) is 5.67. The van der Waals surface area contributed by atoms with Crippen molar-refractivity contribution < 1.29 is 0 Å². The minimum absolute atomic E-state index is 0.806. The smallest absolute Gasteiger partial charge is 0.0949 e. The van der Waals surface area contributed by atoms with Gasteiger partial charge in [0.05, 0.1) is 12.0 Å². The van der Waals surface area contributed by atoms with Crippen LogP contribution in [0.1, 0.15) is 52.1 Å². The molecule has 0 spiro atoms. The lowest BCUT2D eigenvalue weighted by atomic mass is 9.99. The van der Waals surface area contributed by atoms with Crippen LogP contribution >= 0.6 is 0 Å². The first-order valence-electron chi connectivity index (χ1n) is 7.51. The summed E-state index contributed by atoms with van der Waals surface area (Å²) >= 11 is 0. The molecule has 3 nitrogen and oxygen atoms in total. The van der Waals surface area contributed by atoms with E-state index in [1.54, 1.807) is 0 Å². The van der Waals surface area contributed by atoms with E-state index < -0.39 is 0 Å². The molecule has 1 rings (SSSR count). The van der Waals surface area contributed by atoms with Crippen LogP contribution in [0.3, 0.4) is 0 Å². The van der Waals surface area contributed by atoms with E-state index in [-0.39, 0.29) is 0 Å². The van der Waals surface area contributed by atoms with Crippen LogP contribution in [-0.4, -0.2) is 22.6 Å². The van der Waals surface area contributed by atoms with Gasteiger partial charge in [0, 0.05) is 25.7 Å². The van der Waals surface area contributed by atoms with Crippen LogP contribution in [-0.2, 0) is 13.0 Å². The molecule has 0 radical (unpaired) electrons. The van der Waals surface area contributed by atoms with Gasteiger partial charge in [-0.1, -0.05) is 40.0 Å². The third-order valence-electron chi connectivity index (χ3n) is 3.51. The number of rotatable bonds is 10.